The van der Waals surface area contributed by atoms with Crippen LogP contribution in [0, 0.1) is 0 Å². The monoisotopic (exact) mass is 396 g/mol. The Morgan fingerprint density at radius 1 is 1.04 bits per heavy atom. The van der Waals surface area contributed by atoms with E-state index in [0.29, 0.717) is 11.5 Å². The van der Waals surface area contributed by atoms with Crippen molar-refractivity contribution in [2.75, 3.05) is 5.32 Å². The molecular weight excluding hydrogens is 380 g/mol. The Morgan fingerprint density at radius 3 is 2.60 bits per heavy atom. The quantitative estimate of drug-likeness (QED) is 0.667. The van der Waals surface area contributed by atoms with E-state index in [0.717, 1.165) is 15.7 Å². The van der Waals surface area contributed by atoms with E-state index >= 15 is 0 Å². The Morgan fingerprint density at radius 2 is 1.84 bits per heavy atom. The Balaban J connectivity index is 1.71. The molecule has 3 rings (SSSR count). The Kier molecular flexibility index (Phi) is 5.40. The second-order valence-corrected chi connectivity index (χ2v) is 6.45. The second-order valence-electron chi connectivity index (χ2n) is 5.53. The van der Waals surface area contributed by atoms with Crippen molar-refractivity contribution in [1.82, 2.24) is 15.3 Å². The zero-order valence-corrected chi connectivity index (χ0v) is 15.2. The smallest absolute Gasteiger partial charge is 0.270 e. The van der Waals surface area contributed by atoms with Gasteiger partial charge in [0.2, 0.25) is 0 Å². The van der Waals surface area contributed by atoms with Crippen LogP contribution in [-0.4, -0.2) is 15.9 Å². The minimum Gasteiger partial charge on any atom is -0.344 e. The molecule has 2 aromatic carbocycles. The molecule has 0 aliphatic carbocycles. The molecule has 1 aromatic heterocycles. The average Bonchev–Trinajstić information content (AvgIpc) is 2.62. The number of halogens is 1. The van der Waals surface area contributed by atoms with Crippen molar-refractivity contribution in [3.8, 4) is 0 Å². The normalized spacial score (nSPS) is 11.6. The second kappa shape index (κ2) is 7.90. The zero-order chi connectivity index (χ0) is 17.6. The number of hydrogen-bond donors (Lipinski definition) is 2. The van der Waals surface area contributed by atoms with E-state index in [1.807, 2.05) is 61.5 Å². The molecular formula is C19H17BrN4O. The number of amides is 1. The summed E-state index contributed by atoms with van der Waals surface area (Å²) in [6.07, 6.45) is 1.38. The lowest BCUT2D eigenvalue weighted by Gasteiger charge is -2.14. The summed E-state index contributed by atoms with van der Waals surface area (Å²) in [6, 6.07) is 19.0. The third-order valence-electron chi connectivity index (χ3n) is 3.64. The molecule has 0 fully saturated rings. The molecule has 0 saturated heterocycles. The largest absolute Gasteiger partial charge is 0.344 e. The third-order valence-corrected chi connectivity index (χ3v) is 4.14. The van der Waals surface area contributed by atoms with Gasteiger partial charge in [-0.1, -0.05) is 52.3 Å². The topological polar surface area (TPSA) is 66.9 Å². The lowest BCUT2D eigenvalue weighted by atomic mass is 10.1. The molecule has 0 aliphatic heterocycles. The van der Waals surface area contributed by atoms with Crippen LogP contribution in [0.1, 0.15) is 29.0 Å². The first-order valence-electron chi connectivity index (χ1n) is 7.82. The molecule has 25 heavy (non-hydrogen) atoms. The van der Waals surface area contributed by atoms with Crippen LogP contribution in [0.4, 0.5) is 11.5 Å². The summed E-state index contributed by atoms with van der Waals surface area (Å²) < 4.78 is 0.959. The first kappa shape index (κ1) is 17.1. The molecule has 1 heterocycles. The van der Waals surface area contributed by atoms with E-state index in [1.54, 1.807) is 6.07 Å². The Bertz CT molecular complexity index is 870. The molecule has 6 heteroatoms. The number of rotatable bonds is 5. The van der Waals surface area contributed by atoms with E-state index in [1.165, 1.54) is 6.33 Å². The van der Waals surface area contributed by atoms with Crippen molar-refractivity contribution in [3.63, 3.8) is 0 Å². The van der Waals surface area contributed by atoms with Gasteiger partial charge in [-0.05, 0) is 30.7 Å². The van der Waals surface area contributed by atoms with Crippen molar-refractivity contribution in [3.05, 3.63) is 82.7 Å². The molecule has 1 amide bonds. The number of anilines is 2. The standard InChI is InChI=1S/C19H17BrN4O/c1-13(14-6-3-2-4-7-14)23-19(25)17-11-18(22-12-21-17)24-16-9-5-8-15(20)10-16/h2-13H,1H3,(H,23,25)(H,21,22,24). The molecule has 0 saturated carbocycles. The number of benzene rings is 2. The minimum absolute atomic E-state index is 0.106. The van der Waals surface area contributed by atoms with E-state index in [9.17, 15) is 4.79 Å². The van der Waals surface area contributed by atoms with Gasteiger partial charge in [-0.25, -0.2) is 9.97 Å². The zero-order valence-electron chi connectivity index (χ0n) is 13.6. The van der Waals surface area contributed by atoms with E-state index in [4.69, 9.17) is 0 Å². The van der Waals surface area contributed by atoms with Gasteiger partial charge in [0.1, 0.15) is 17.8 Å². The maximum Gasteiger partial charge on any atom is 0.270 e. The van der Waals surface area contributed by atoms with Crippen LogP contribution in [0.2, 0.25) is 0 Å². The van der Waals surface area contributed by atoms with Gasteiger partial charge in [0, 0.05) is 16.2 Å². The molecule has 126 valence electrons. The van der Waals surface area contributed by atoms with Crippen LogP contribution < -0.4 is 10.6 Å². The summed E-state index contributed by atoms with van der Waals surface area (Å²) in [5.74, 6) is 0.321. The summed E-state index contributed by atoms with van der Waals surface area (Å²) in [5.41, 5.74) is 2.23. The van der Waals surface area contributed by atoms with Crippen molar-refractivity contribution in [2.24, 2.45) is 0 Å². The maximum atomic E-state index is 12.5. The van der Waals surface area contributed by atoms with Crippen molar-refractivity contribution in [2.45, 2.75) is 13.0 Å². The fraction of sp³-hybridized carbons (Fsp3) is 0.105. The molecule has 3 aromatic rings. The summed E-state index contributed by atoms with van der Waals surface area (Å²) in [6.45, 7) is 1.94. The highest BCUT2D eigenvalue weighted by Gasteiger charge is 2.13. The number of carbonyl (C=O) groups excluding carboxylic acids is 1. The molecule has 1 unspecified atom stereocenters. The molecule has 0 spiro atoms. The van der Waals surface area contributed by atoms with Crippen molar-refractivity contribution in [1.29, 1.82) is 0 Å². The molecule has 0 aliphatic rings. The predicted octanol–water partition coefficient (Wildman–Crippen LogP) is 4.47. The molecule has 2 N–H and O–H groups in total. The Hall–Kier alpha value is -2.73. The summed E-state index contributed by atoms with van der Waals surface area (Å²) in [7, 11) is 0. The van der Waals surface area contributed by atoms with Crippen LogP contribution in [0.25, 0.3) is 0 Å². The summed E-state index contributed by atoms with van der Waals surface area (Å²) >= 11 is 3.43. The first-order valence-corrected chi connectivity index (χ1v) is 8.61. The lowest BCUT2D eigenvalue weighted by Crippen LogP contribution is -2.27. The van der Waals surface area contributed by atoms with Crippen LogP contribution in [-0.2, 0) is 0 Å². The third kappa shape index (κ3) is 4.64. The van der Waals surface area contributed by atoms with E-state index in [2.05, 4.69) is 36.5 Å². The van der Waals surface area contributed by atoms with Gasteiger partial charge in [0.15, 0.2) is 0 Å². The molecule has 0 radical (unpaired) electrons. The highest BCUT2D eigenvalue weighted by Crippen LogP contribution is 2.19. The maximum absolute atomic E-state index is 12.5. The number of nitrogens with one attached hydrogen (secondary N) is 2. The highest BCUT2D eigenvalue weighted by atomic mass is 79.9. The molecule has 0 bridgehead atoms. The number of carbonyl (C=O) groups is 1. The first-order chi connectivity index (χ1) is 12.1. The van der Waals surface area contributed by atoms with Gasteiger partial charge in [0.05, 0.1) is 6.04 Å². The van der Waals surface area contributed by atoms with Gasteiger partial charge < -0.3 is 10.6 Å². The summed E-state index contributed by atoms with van der Waals surface area (Å²) in [4.78, 5) is 20.7. The van der Waals surface area contributed by atoms with E-state index < -0.39 is 0 Å². The van der Waals surface area contributed by atoms with Crippen molar-refractivity contribution < 1.29 is 4.79 Å². The average molecular weight is 397 g/mol. The fourth-order valence-corrected chi connectivity index (χ4v) is 2.76. The van der Waals surface area contributed by atoms with Gasteiger partial charge in [-0.2, -0.15) is 0 Å². The van der Waals surface area contributed by atoms with Gasteiger partial charge in [-0.15, -0.1) is 0 Å². The number of aromatic nitrogens is 2. The minimum atomic E-state index is -0.240. The number of nitrogens with zero attached hydrogens (tertiary/aromatic N) is 2. The van der Waals surface area contributed by atoms with Crippen LogP contribution >= 0.6 is 15.9 Å². The van der Waals surface area contributed by atoms with Crippen LogP contribution in [0.3, 0.4) is 0 Å². The van der Waals surface area contributed by atoms with Crippen LogP contribution in [0.5, 0.6) is 0 Å². The highest BCUT2D eigenvalue weighted by molar-refractivity contribution is 9.10. The van der Waals surface area contributed by atoms with E-state index in [-0.39, 0.29) is 11.9 Å². The molecule has 5 nitrogen and oxygen atoms in total. The number of hydrogen-bond acceptors (Lipinski definition) is 4. The van der Waals surface area contributed by atoms with Gasteiger partial charge in [0.25, 0.3) is 5.91 Å². The fourth-order valence-electron chi connectivity index (χ4n) is 2.36. The molecule has 1 atom stereocenters. The lowest BCUT2D eigenvalue weighted by molar-refractivity contribution is 0.0934. The predicted molar refractivity (Wildman–Crippen MR) is 102 cm³/mol. The van der Waals surface area contributed by atoms with Gasteiger partial charge >= 0.3 is 0 Å². The Labute approximate surface area is 154 Å². The summed E-state index contributed by atoms with van der Waals surface area (Å²) in [5, 5.41) is 6.11. The van der Waals surface area contributed by atoms with Crippen LogP contribution in [0.15, 0.2) is 71.5 Å². The van der Waals surface area contributed by atoms with Gasteiger partial charge in [-0.3, -0.25) is 4.79 Å². The van der Waals surface area contributed by atoms with Crippen molar-refractivity contribution >= 4 is 33.3 Å². The SMILES string of the molecule is CC(NC(=O)c1cc(Nc2cccc(Br)c2)ncn1)c1ccccc1.